The highest BCUT2D eigenvalue weighted by Crippen LogP contribution is 2.51. The van der Waals surface area contributed by atoms with Crippen LogP contribution < -0.4 is 4.74 Å². The van der Waals surface area contributed by atoms with Crippen molar-refractivity contribution in [3.8, 4) is 11.5 Å². The summed E-state index contributed by atoms with van der Waals surface area (Å²) in [5, 5.41) is 19.7. The summed E-state index contributed by atoms with van der Waals surface area (Å²) in [5.74, 6) is -2.40. The Balaban J connectivity index is 2.09. The van der Waals surface area contributed by atoms with Crippen LogP contribution in [0.1, 0.15) is 31.2 Å². The van der Waals surface area contributed by atoms with Crippen LogP contribution in [-0.2, 0) is 14.6 Å². The van der Waals surface area contributed by atoms with Crippen LogP contribution in [0.4, 0.5) is 0 Å². The molecule has 7 heteroatoms. The smallest absolute Gasteiger partial charge is 0.307 e. The number of hydrogen-bond acceptors (Lipinski definition) is 5. The first-order valence-corrected chi connectivity index (χ1v) is 9.43. The number of ether oxygens (including phenoxy) is 1. The predicted molar refractivity (Wildman–Crippen MR) is 87.7 cm³/mol. The number of allylic oxidation sites excluding steroid dienone is 2. The Morgan fingerprint density at radius 1 is 1.29 bits per heavy atom. The molecule has 0 aromatic heterocycles. The van der Waals surface area contributed by atoms with Crippen LogP contribution in [0.2, 0.25) is 0 Å². The lowest BCUT2D eigenvalue weighted by atomic mass is 9.69. The number of carboxylic acids is 1. The number of fused-ring (bicyclic) bond motifs is 1. The van der Waals surface area contributed by atoms with Gasteiger partial charge in [0.05, 0.1) is 18.8 Å². The minimum Gasteiger partial charge on any atom is -0.504 e. The molecule has 2 N–H and O–H groups in total. The lowest BCUT2D eigenvalue weighted by Crippen LogP contribution is -2.33. The van der Waals surface area contributed by atoms with Crippen molar-refractivity contribution in [2.75, 3.05) is 12.9 Å². The number of phenolic OH excluding ortho intramolecular Hbond substituents is 1. The first kappa shape index (κ1) is 16.8. The van der Waals surface area contributed by atoms with Gasteiger partial charge in [0.25, 0.3) is 0 Å². The van der Waals surface area contributed by atoms with Gasteiger partial charge in [-0.25, -0.2) is 8.42 Å². The molecule has 0 amide bonds. The van der Waals surface area contributed by atoms with E-state index in [1.165, 1.54) is 13.2 Å². The molecule has 3 atom stereocenters. The zero-order valence-electron chi connectivity index (χ0n) is 13.5. The second kappa shape index (κ2) is 5.81. The van der Waals surface area contributed by atoms with Gasteiger partial charge in [0, 0.05) is 16.7 Å². The van der Waals surface area contributed by atoms with Gasteiger partial charge in [0.2, 0.25) is 0 Å². The molecule has 1 aliphatic carbocycles. The van der Waals surface area contributed by atoms with Crippen molar-refractivity contribution in [3.63, 3.8) is 0 Å². The third kappa shape index (κ3) is 2.56. The van der Waals surface area contributed by atoms with Gasteiger partial charge in [-0.05, 0) is 37.5 Å². The lowest BCUT2D eigenvalue weighted by Gasteiger charge is -2.34. The van der Waals surface area contributed by atoms with Gasteiger partial charge < -0.3 is 14.9 Å². The number of phenols is 1. The van der Waals surface area contributed by atoms with Crippen molar-refractivity contribution in [1.29, 1.82) is 0 Å². The van der Waals surface area contributed by atoms with E-state index in [1.54, 1.807) is 19.1 Å². The van der Waals surface area contributed by atoms with E-state index < -0.39 is 27.6 Å². The van der Waals surface area contributed by atoms with Gasteiger partial charge in [0.15, 0.2) is 21.3 Å². The summed E-state index contributed by atoms with van der Waals surface area (Å²) in [7, 11) is -1.90. The van der Waals surface area contributed by atoms with E-state index in [0.717, 1.165) is 5.57 Å². The summed E-state index contributed by atoms with van der Waals surface area (Å²) >= 11 is 0. The highest BCUT2D eigenvalue weighted by atomic mass is 32.2. The van der Waals surface area contributed by atoms with Crippen molar-refractivity contribution >= 4 is 15.8 Å². The lowest BCUT2D eigenvalue weighted by molar-refractivity contribution is -0.144. The van der Waals surface area contributed by atoms with Crippen molar-refractivity contribution in [3.05, 3.63) is 34.2 Å². The Bertz CT molecular complexity index is 823. The molecule has 3 rings (SSSR count). The molecule has 1 aromatic carbocycles. The van der Waals surface area contributed by atoms with Crippen molar-refractivity contribution in [2.24, 2.45) is 11.8 Å². The average molecular weight is 352 g/mol. The van der Waals surface area contributed by atoms with E-state index in [4.69, 9.17) is 4.74 Å². The number of benzene rings is 1. The zero-order chi connectivity index (χ0) is 17.6. The first-order valence-electron chi connectivity index (χ1n) is 7.78. The van der Waals surface area contributed by atoms with Crippen LogP contribution in [0.25, 0.3) is 0 Å². The van der Waals surface area contributed by atoms with E-state index >= 15 is 0 Å². The number of rotatable bonds is 3. The number of aliphatic carboxylic acids is 1. The average Bonchev–Trinajstić information content (AvgIpc) is 2.82. The normalized spacial score (nSPS) is 28.5. The Kier molecular flexibility index (Phi) is 4.07. The van der Waals surface area contributed by atoms with Gasteiger partial charge in [-0.1, -0.05) is 11.6 Å². The summed E-state index contributed by atoms with van der Waals surface area (Å²) in [6, 6.07) is 4.85. The maximum atomic E-state index is 12.2. The molecule has 2 aliphatic rings. The van der Waals surface area contributed by atoms with Crippen LogP contribution in [0.15, 0.2) is 28.7 Å². The van der Waals surface area contributed by atoms with Gasteiger partial charge in [-0.3, -0.25) is 4.79 Å². The number of sulfone groups is 1. The monoisotopic (exact) mass is 352 g/mol. The van der Waals surface area contributed by atoms with Crippen LogP contribution in [-0.4, -0.2) is 37.5 Å². The molecule has 130 valence electrons. The minimum atomic E-state index is -3.34. The molecule has 1 aromatic rings. The molecule has 0 unspecified atom stereocenters. The standard InChI is InChI=1S/C17H20O6S/c1-9-7-12(10-3-4-14(23-2)13(18)8-10)15(17(19)20)11-5-6-24(21,22)16(9)11/h3-4,8,11-12,15,18H,5-7H2,1-2H3,(H,19,20)/t11-,12-,15-/m1/s1. The van der Waals surface area contributed by atoms with E-state index in [9.17, 15) is 23.4 Å². The Hall–Kier alpha value is -2.02. The molecule has 0 radical (unpaired) electrons. The minimum absolute atomic E-state index is 0.00863. The Morgan fingerprint density at radius 3 is 2.58 bits per heavy atom. The van der Waals surface area contributed by atoms with Crippen LogP contribution in [0, 0.1) is 11.8 Å². The molecule has 0 saturated carbocycles. The fraction of sp³-hybridized carbons (Fsp3) is 0.471. The Labute approximate surface area is 140 Å². The summed E-state index contributed by atoms with van der Waals surface area (Å²) < 4.78 is 29.5. The summed E-state index contributed by atoms with van der Waals surface area (Å²) in [5.41, 5.74) is 1.42. The molecule has 1 aliphatic heterocycles. The molecule has 1 heterocycles. The fourth-order valence-electron chi connectivity index (χ4n) is 4.12. The zero-order valence-corrected chi connectivity index (χ0v) is 14.3. The van der Waals surface area contributed by atoms with E-state index in [1.807, 2.05) is 0 Å². The number of methoxy groups -OCH3 is 1. The van der Waals surface area contributed by atoms with Crippen LogP contribution in [0.5, 0.6) is 11.5 Å². The van der Waals surface area contributed by atoms with Gasteiger partial charge in [0.1, 0.15) is 0 Å². The second-order valence-electron chi connectivity index (χ2n) is 6.46. The highest BCUT2D eigenvalue weighted by molar-refractivity contribution is 7.95. The molecule has 0 bridgehead atoms. The quantitative estimate of drug-likeness (QED) is 0.866. The van der Waals surface area contributed by atoms with Gasteiger partial charge in [-0.15, -0.1) is 0 Å². The van der Waals surface area contributed by atoms with Crippen molar-refractivity contribution in [1.82, 2.24) is 0 Å². The predicted octanol–water partition coefficient (Wildman–Crippen LogP) is 2.30. The van der Waals surface area contributed by atoms with Crippen LogP contribution >= 0.6 is 0 Å². The summed E-state index contributed by atoms with van der Waals surface area (Å²) in [6.45, 7) is 1.76. The van der Waals surface area contributed by atoms with Gasteiger partial charge in [-0.2, -0.15) is 0 Å². The fourth-order valence-corrected chi connectivity index (χ4v) is 6.25. The number of carboxylic acid groups (broad SMARTS) is 1. The third-order valence-corrected chi connectivity index (χ3v) is 7.19. The third-order valence-electron chi connectivity index (χ3n) is 5.10. The molecule has 1 fully saturated rings. The molecule has 24 heavy (non-hydrogen) atoms. The first-order chi connectivity index (χ1) is 11.3. The largest absolute Gasteiger partial charge is 0.504 e. The number of carbonyl (C=O) groups is 1. The van der Waals surface area contributed by atoms with Crippen LogP contribution in [0.3, 0.4) is 0 Å². The second-order valence-corrected chi connectivity index (χ2v) is 8.54. The topological polar surface area (TPSA) is 101 Å². The SMILES string of the molecule is COc1ccc([C@H]2CC(C)=C3[C@H](CCS3(=O)=O)[C@H]2C(=O)O)cc1O. The Morgan fingerprint density at radius 2 is 2.00 bits per heavy atom. The molecular formula is C17H20O6S. The van der Waals surface area contributed by atoms with Gasteiger partial charge >= 0.3 is 5.97 Å². The van der Waals surface area contributed by atoms with Crippen molar-refractivity contribution < 1.29 is 28.2 Å². The molecule has 6 nitrogen and oxygen atoms in total. The number of hydrogen-bond donors (Lipinski definition) is 2. The summed E-state index contributed by atoms with van der Waals surface area (Å²) in [6.07, 6.45) is 0.693. The summed E-state index contributed by atoms with van der Waals surface area (Å²) in [4.78, 5) is 12.2. The number of aromatic hydroxyl groups is 1. The van der Waals surface area contributed by atoms with E-state index in [-0.39, 0.29) is 17.4 Å². The molecule has 1 saturated heterocycles. The van der Waals surface area contributed by atoms with E-state index in [0.29, 0.717) is 29.1 Å². The molecular weight excluding hydrogens is 332 g/mol. The molecule has 0 spiro atoms. The van der Waals surface area contributed by atoms with E-state index in [2.05, 4.69) is 0 Å². The maximum absolute atomic E-state index is 12.2. The highest BCUT2D eigenvalue weighted by Gasteiger charge is 2.49. The van der Waals surface area contributed by atoms with Crippen molar-refractivity contribution in [2.45, 2.75) is 25.7 Å². The maximum Gasteiger partial charge on any atom is 0.307 e.